The predicted molar refractivity (Wildman–Crippen MR) is 105 cm³/mol. The van der Waals surface area contributed by atoms with Crippen LogP contribution in [0.4, 0.5) is 8.78 Å². The maximum atomic E-state index is 14.4. The van der Waals surface area contributed by atoms with Crippen molar-refractivity contribution < 1.29 is 13.6 Å². The molecule has 2 fully saturated rings. The lowest BCUT2D eigenvalue weighted by atomic mass is 9.71. The first-order valence-electron chi connectivity index (χ1n) is 10.6. The van der Waals surface area contributed by atoms with Gasteiger partial charge in [-0.1, -0.05) is 19.9 Å². The fourth-order valence-electron chi connectivity index (χ4n) is 6.13. The average molecular weight is 397 g/mol. The molecule has 29 heavy (non-hydrogen) atoms. The van der Waals surface area contributed by atoms with Gasteiger partial charge in [0.25, 0.3) is 0 Å². The van der Waals surface area contributed by atoms with Crippen LogP contribution in [0.3, 0.4) is 0 Å². The molecule has 1 amide bonds. The number of benzene rings is 1. The highest BCUT2D eigenvalue weighted by Gasteiger charge is 2.55. The Morgan fingerprint density at radius 1 is 1.17 bits per heavy atom. The minimum atomic E-state index is -0.635. The van der Waals surface area contributed by atoms with E-state index in [2.05, 4.69) is 24.0 Å². The highest BCUT2D eigenvalue weighted by molar-refractivity contribution is 5.79. The van der Waals surface area contributed by atoms with Gasteiger partial charge in [-0.25, -0.2) is 8.78 Å². The molecule has 2 bridgehead atoms. The first kappa shape index (κ1) is 18.6. The van der Waals surface area contributed by atoms with Crippen LogP contribution in [-0.2, 0) is 10.3 Å². The summed E-state index contributed by atoms with van der Waals surface area (Å²) >= 11 is 0. The number of carbonyl (C=O) groups excluding carboxylic acids is 1. The van der Waals surface area contributed by atoms with Crippen LogP contribution in [-0.4, -0.2) is 27.5 Å². The summed E-state index contributed by atoms with van der Waals surface area (Å²) in [6.45, 7) is 5.20. The lowest BCUT2D eigenvalue weighted by Gasteiger charge is -2.47. The summed E-state index contributed by atoms with van der Waals surface area (Å²) in [5, 5.41) is 8.86. The molecule has 1 aliphatic heterocycles. The number of hydrogen-bond acceptors (Lipinski definition) is 3. The van der Waals surface area contributed by atoms with Crippen LogP contribution in [0.15, 0.2) is 24.3 Å². The maximum Gasteiger partial charge on any atom is 0.223 e. The van der Waals surface area contributed by atoms with Crippen molar-refractivity contribution in [2.45, 2.75) is 57.4 Å². The summed E-state index contributed by atoms with van der Waals surface area (Å²) in [7, 11) is 0. The molecule has 4 atom stereocenters. The molecule has 0 N–H and O–H groups in total. The SMILES string of the molecule is CC1CC(C)C2(N3CCCC3=O)CCC1c1cc(-c3c(F)cccc3F)nnc12. The fourth-order valence-corrected chi connectivity index (χ4v) is 6.13. The molecule has 0 spiro atoms. The van der Waals surface area contributed by atoms with Crippen LogP contribution in [0.25, 0.3) is 11.3 Å². The van der Waals surface area contributed by atoms with Gasteiger partial charge in [0.2, 0.25) is 5.91 Å². The number of amides is 1. The molecule has 152 valence electrons. The molecule has 3 aliphatic carbocycles. The van der Waals surface area contributed by atoms with Crippen molar-refractivity contribution in [3.05, 3.63) is 47.2 Å². The molecule has 6 rings (SSSR count). The fraction of sp³-hybridized carbons (Fsp3) is 0.522. The van der Waals surface area contributed by atoms with E-state index in [1.807, 2.05) is 11.0 Å². The summed E-state index contributed by atoms with van der Waals surface area (Å²) in [5.41, 5.74) is 1.51. The lowest BCUT2D eigenvalue weighted by molar-refractivity contribution is -0.137. The van der Waals surface area contributed by atoms with Crippen molar-refractivity contribution in [2.24, 2.45) is 11.8 Å². The van der Waals surface area contributed by atoms with Gasteiger partial charge in [0.15, 0.2) is 0 Å². The molecule has 1 saturated carbocycles. The Kier molecular flexibility index (Phi) is 4.23. The molecule has 2 aromatic rings. The second kappa shape index (κ2) is 6.57. The van der Waals surface area contributed by atoms with Crippen molar-refractivity contribution in [3.8, 4) is 11.3 Å². The highest BCUT2D eigenvalue weighted by Crippen LogP contribution is 2.57. The largest absolute Gasteiger partial charge is 0.331 e. The van der Waals surface area contributed by atoms with Gasteiger partial charge < -0.3 is 4.90 Å². The van der Waals surface area contributed by atoms with Gasteiger partial charge in [0, 0.05) is 13.0 Å². The van der Waals surface area contributed by atoms with Gasteiger partial charge in [-0.15, -0.1) is 5.10 Å². The molecule has 2 heterocycles. The molecule has 6 heteroatoms. The van der Waals surface area contributed by atoms with E-state index in [4.69, 9.17) is 0 Å². The number of aromatic nitrogens is 2. The number of rotatable bonds is 2. The van der Waals surface area contributed by atoms with E-state index in [0.29, 0.717) is 12.3 Å². The number of halogens is 2. The van der Waals surface area contributed by atoms with Gasteiger partial charge in [-0.2, -0.15) is 5.10 Å². The normalized spacial score (nSPS) is 31.1. The highest BCUT2D eigenvalue weighted by atomic mass is 19.1. The third-order valence-corrected chi connectivity index (χ3v) is 7.47. The van der Waals surface area contributed by atoms with E-state index in [0.717, 1.165) is 43.5 Å². The molecule has 1 aromatic heterocycles. The topological polar surface area (TPSA) is 46.1 Å². The van der Waals surface area contributed by atoms with Gasteiger partial charge in [-0.3, -0.25) is 4.79 Å². The summed E-state index contributed by atoms with van der Waals surface area (Å²) < 4.78 is 28.8. The van der Waals surface area contributed by atoms with Gasteiger partial charge >= 0.3 is 0 Å². The second-order valence-electron chi connectivity index (χ2n) is 8.96. The Morgan fingerprint density at radius 3 is 2.62 bits per heavy atom. The third kappa shape index (κ3) is 2.57. The Bertz CT molecular complexity index is 974. The molecule has 4 nitrogen and oxygen atoms in total. The maximum absolute atomic E-state index is 14.4. The van der Waals surface area contributed by atoms with Crippen LogP contribution in [0.5, 0.6) is 0 Å². The Labute approximate surface area is 169 Å². The molecule has 1 aromatic carbocycles. The van der Waals surface area contributed by atoms with Crippen molar-refractivity contribution in [1.29, 1.82) is 0 Å². The molecule has 1 saturated heterocycles. The molecular formula is C23H25F2N3O. The van der Waals surface area contributed by atoms with Crippen LogP contribution in [0.1, 0.15) is 63.1 Å². The third-order valence-electron chi connectivity index (χ3n) is 7.47. The average Bonchev–Trinajstić information content (AvgIpc) is 3.04. The van der Waals surface area contributed by atoms with Crippen LogP contribution in [0, 0.1) is 23.5 Å². The molecule has 0 radical (unpaired) electrons. The summed E-state index contributed by atoms with van der Waals surface area (Å²) in [6.07, 6.45) is 4.27. The summed E-state index contributed by atoms with van der Waals surface area (Å²) in [4.78, 5) is 14.8. The van der Waals surface area contributed by atoms with Gasteiger partial charge in [-0.05, 0) is 67.2 Å². The van der Waals surface area contributed by atoms with Crippen LogP contribution >= 0.6 is 0 Å². The monoisotopic (exact) mass is 397 g/mol. The lowest BCUT2D eigenvalue weighted by Crippen LogP contribution is -2.53. The van der Waals surface area contributed by atoms with E-state index in [1.54, 1.807) is 0 Å². The summed E-state index contributed by atoms with van der Waals surface area (Å²) in [5.74, 6) is -0.149. The number of likely N-dealkylation sites (tertiary alicyclic amines) is 1. The Hall–Kier alpha value is -2.37. The van der Waals surface area contributed by atoms with Crippen molar-refractivity contribution in [1.82, 2.24) is 15.1 Å². The van der Waals surface area contributed by atoms with Crippen molar-refractivity contribution in [2.75, 3.05) is 6.54 Å². The van der Waals surface area contributed by atoms with Crippen LogP contribution < -0.4 is 0 Å². The zero-order chi connectivity index (χ0) is 20.3. The van der Waals surface area contributed by atoms with Gasteiger partial charge in [0.1, 0.15) is 11.6 Å². The quantitative estimate of drug-likeness (QED) is 0.732. The Balaban J connectivity index is 1.72. The Morgan fingerprint density at radius 2 is 1.93 bits per heavy atom. The molecular weight excluding hydrogens is 372 g/mol. The zero-order valence-electron chi connectivity index (χ0n) is 16.8. The second-order valence-corrected chi connectivity index (χ2v) is 8.96. The van der Waals surface area contributed by atoms with Crippen LogP contribution in [0.2, 0.25) is 0 Å². The minimum Gasteiger partial charge on any atom is -0.331 e. The first-order valence-corrected chi connectivity index (χ1v) is 10.6. The minimum absolute atomic E-state index is 0.130. The number of carbonyl (C=O) groups is 1. The van der Waals surface area contributed by atoms with E-state index < -0.39 is 17.2 Å². The predicted octanol–water partition coefficient (Wildman–Crippen LogP) is 4.79. The molecule has 4 aliphatic rings. The van der Waals surface area contributed by atoms with E-state index in [-0.39, 0.29) is 29.0 Å². The van der Waals surface area contributed by atoms with E-state index >= 15 is 0 Å². The molecule has 4 unspecified atom stereocenters. The van der Waals surface area contributed by atoms with E-state index in [1.165, 1.54) is 18.2 Å². The van der Waals surface area contributed by atoms with E-state index in [9.17, 15) is 13.6 Å². The van der Waals surface area contributed by atoms with Gasteiger partial charge in [0.05, 0.1) is 22.5 Å². The summed E-state index contributed by atoms with van der Waals surface area (Å²) in [6, 6.07) is 5.67. The van der Waals surface area contributed by atoms with Crippen molar-refractivity contribution >= 4 is 5.91 Å². The standard InChI is InChI=1S/C23H25F2N3O/c1-13-11-14(2)23(28-10-4-7-20(28)29)9-8-15(13)16-12-19(26-27-22(16)23)21-17(24)5-3-6-18(21)25/h3,5-6,12-15H,4,7-11H2,1-2H3. The zero-order valence-corrected chi connectivity index (χ0v) is 16.8. The number of nitrogens with zero attached hydrogens (tertiary/aromatic N) is 3. The first-order chi connectivity index (χ1) is 13.9. The number of fused-ring (bicyclic) bond motifs is 3. The number of hydrogen-bond donors (Lipinski definition) is 0. The van der Waals surface area contributed by atoms with Crippen molar-refractivity contribution in [3.63, 3.8) is 0 Å². The smallest absolute Gasteiger partial charge is 0.223 e.